The van der Waals surface area contributed by atoms with E-state index in [0.717, 1.165) is 0 Å². The van der Waals surface area contributed by atoms with Crippen molar-refractivity contribution in [3.63, 3.8) is 0 Å². The Balaban J connectivity index is 1.86. The predicted molar refractivity (Wildman–Crippen MR) is 128 cm³/mol. The number of nitrogens with zero attached hydrogens (tertiary/aromatic N) is 1. The smallest absolute Gasteiger partial charge is 0.266 e. The lowest BCUT2D eigenvalue weighted by Crippen LogP contribution is -2.31. The molecule has 0 N–H and O–H groups in total. The Kier molecular flexibility index (Phi) is 7.97. The van der Waals surface area contributed by atoms with Crippen LogP contribution in [0.1, 0.15) is 31.9 Å². The van der Waals surface area contributed by atoms with Gasteiger partial charge in [0.15, 0.2) is 11.5 Å². The average Bonchev–Trinajstić information content (AvgIpc) is 2.96. The van der Waals surface area contributed by atoms with Crippen molar-refractivity contribution in [2.75, 3.05) is 13.2 Å². The van der Waals surface area contributed by atoms with Gasteiger partial charge in [-0.1, -0.05) is 67.6 Å². The van der Waals surface area contributed by atoms with E-state index >= 15 is 0 Å². The van der Waals surface area contributed by atoms with E-state index in [4.69, 9.17) is 33.3 Å². The fourth-order valence-corrected chi connectivity index (χ4v) is 4.56. The molecule has 1 heterocycles. The van der Waals surface area contributed by atoms with Crippen LogP contribution in [0, 0.1) is 11.7 Å². The molecule has 8 heteroatoms. The number of rotatable bonds is 8. The van der Waals surface area contributed by atoms with Crippen LogP contribution < -0.4 is 9.47 Å². The molecule has 3 rings (SSSR count). The van der Waals surface area contributed by atoms with Gasteiger partial charge in [0.25, 0.3) is 5.91 Å². The van der Waals surface area contributed by atoms with Gasteiger partial charge in [-0.25, -0.2) is 4.39 Å². The zero-order valence-electron chi connectivity index (χ0n) is 17.5. The summed E-state index contributed by atoms with van der Waals surface area (Å²) in [4.78, 5) is 14.9. The number of amides is 1. The topological polar surface area (TPSA) is 38.8 Å². The average molecular weight is 480 g/mol. The van der Waals surface area contributed by atoms with Gasteiger partial charge in [-0.2, -0.15) is 0 Å². The molecule has 4 nitrogen and oxygen atoms in total. The largest absolute Gasteiger partial charge is 0.490 e. The van der Waals surface area contributed by atoms with Crippen LogP contribution >= 0.6 is 35.6 Å². The van der Waals surface area contributed by atoms with Gasteiger partial charge >= 0.3 is 0 Å². The van der Waals surface area contributed by atoms with Gasteiger partial charge in [-0.15, -0.1) is 0 Å². The molecule has 164 valence electrons. The first-order valence-corrected chi connectivity index (χ1v) is 11.5. The van der Waals surface area contributed by atoms with Crippen molar-refractivity contribution in [3.8, 4) is 11.5 Å². The van der Waals surface area contributed by atoms with E-state index in [9.17, 15) is 9.18 Å². The van der Waals surface area contributed by atoms with Crippen LogP contribution in [0.25, 0.3) is 6.08 Å². The van der Waals surface area contributed by atoms with E-state index in [1.807, 2.05) is 20.8 Å². The van der Waals surface area contributed by atoms with E-state index in [-0.39, 0.29) is 18.3 Å². The molecule has 0 unspecified atom stereocenters. The molecular weight excluding hydrogens is 457 g/mol. The fraction of sp³-hybridized carbons (Fsp3) is 0.304. The molecule has 31 heavy (non-hydrogen) atoms. The molecule has 0 radical (unpaired) electrons. The van der Waals surface area contributed by atoms with E-state index in [0.29, 0.717) is 55.9 Å². The number of carbonyl (C=O) groups is 1. The van der Waals surface area contributed by atoms with Crippen LogP contribution in [0.3, 0.4) is 0 Å². The van der Waals surface area contributed by atoms with Crippen molar-refractivity contribution < 1.29 is 18.7 Å². The molecule has 0 atom stereocenters. The lowest BCUT2D eigenvalue weighted by molar-refractivity contribution is -0.122. The van der Waals surface area contributed by atoms with Crippen molar-refractivity contribution in [1.82, 2.24) is 4.90 Å². The quantitative estimate of drug-likeness (QED) is 0.327. The monoisotopic (exact) mass is 479 g/mol. The highest BCUT2D eigenvalue weighted by molar-refractivity contribution is 8.26. The zero-order valence-corrected chi connectivity index (χ0v) is 19.9. The second-order valence-electron chi connectivity index (χ2n) is 7.33. The molecule has 0 bridgehead atoms. The number of hydrogen-bond donors (Lipinski definition) is 0. The third-order valence-corrected chi connectivity index (χ3v) is 6.04. The van der Waals surface area contributed by atoms with Gasteiger partial charge in [-0.3, -0.25) is 9.69 Å². The summed E-state index contributed by atoms with van der Waals surface area (Å²) in [6, 6.07) is 9.83. The van der Waals surface area contributed by atoms with Crippen molar-refractivity contribution >= 4 is 51.9 Å². The van der Waals surface area contributed by atoms with E-state index in [2.05, 4.69) is 0 Å². The normalized spacial score (nSPS) is 15.3. The van der Waals surface area contributed by atoms with Crippen LogP contribution in [0.5, 0.6) is 11.5 Å². The van der Waals surface area contributed by atoms with Crippen LogP contribution in [0.15, 0.2) is 41.3 Å². The molecule has 1 saturated heterocycles. The fourth-order valence-electron chi connectivity index (χ4n) is 3.01. The number of thiocarbonyl (C=S) groups is 1. The van der Waals surface area contributed by atoms with Gasteiger partial charge in [0, 0.05) is 12.1 Å². The molecular formula is C23H23ClFNO3S2. The van der Waals surface area contributed by atoms with E-state index in [1.54, 1.807) is 41.3 Å². The second-order valence-corrected chi connectivity index (χ2v) is 9.41. The number of halogens is 2. The third-order valence-electron chi connectivity index (χ3n) is 4.38. The van der Waals surface area contributed by atoms with Gasteiger partial charge in [0.1, 0.15) is 16.7 Å². The molecule has 0 spiro atoms. The van der Waals surface area contributed by atoms with Crippen LogP contribution in [-0.4, -0.2) is 28.3 Å². The number of hydrogen-bond acceptors (Lipinski definition) is 5. The first kappa shape index (κ1) is 23.6. The Hall–Kier alpha value is -2.09. The van der Waals surface area contributed by atoms with Crippen molar-refractivity contribution in [2.24, 2.45) is 5.92 Å². The zero-order chi connectivity index (χ0) is 22.5. The highest BCUT2D eigenvalue weighted by Crippen LogP contribution is 2.39. The molecule has 0 saturated carbocycles. The number of benzene rings is 2. The molecule has 0 aliphatic carbocycles. The van der Waals surface area contributed by atoms with Crippen molar-refractivity contribution in [2.45, 2.75) is 27.4 Å². The van der Waals surface area contributed by atoms with Gasteiger partial charge in [0.2, 0.25) is 0 Å². The van der Waals surface area contributed by atoms with E-state index < -0.39 is 0 Å². The summed E-state index contributed by atoms with van der Waals surface area (Å²) in [6.07, 6.45) is 1.74. The number of carbonyl (C=O) groups excluding carboxylic acids is 1. The maximum absolute atomic E-state index is 13.9. The number of thioether (sulfide) groups is 1. The number of ether oxygens (including phenoxy) is 2. The minimum atomic E-state index is -0.350. The Bertz CT molecular complexity index is 1030. The second kappa shape index (κ2) is 10.5. The summed E-state index contributed by atoms with van der Waals surface area (Å²) in [5.41, 5.74) is 1.11. The molecule has 2 aromatic rings. The predicted octanol–water partition coefficient (Wildman–Crippen LogP) is 6.31. The maximum atomic E-state index is 13.9. The van der Waals surface area contributed by atoms with Gasteiger partial charge in [-0.05, 0) is 42.7 Å². The van der Waals surface area contributed by atoms with Crippen LogP contribution in [0.2, 0.25) is 5.02 Å². The first-order valence-electron chi connectivity index (χ1n) is 9.88. The Morgan fingerprint density at radius 2 is 2.00 bits per heavy atom. The highest BCUT2D eigenvalue weighted by Gasteiger charge is 2.32. The molecule has 0 aromatic heterocycles. The molecule has 1 amide bonds. The summed E-state index contributed by atoms with van der Waals surface area (Å²) in [6.45, 7) is 6.91. The van der Waals surface area contributed by atoms with Gasteiger partial charge in [0.05, 0.1) is 16.5 Å². The Morgan fingerprint density at radius 1 is 1.26 bits per heavy atom. The summed E-state index contributed by atoms with van der Waals surface area (Å²) >= 11 is 13.1. The summed E-state index contributed by atoms with van der Waals surface area (Å²) < 4.78 is 26.0. The molecule has 1 aliphatic rings. The molecule has 1 aliphatic heterocycles. The van der Waals surface area contributed by atoms with Crippen LogP contribution in [0.4, 0.5) is 4.39 Å². The van der Waals surface area contributed by atoms with Crippen molar-refractivity contribution in [3.05, 3.63) is 63.3 Å². The Morgan fingerprint density at radius 3 is 2.68 bits per heavy atom. The third kappa shape index (κ3) is 5.79. The summed E-state index contributed by atoms with van der Waals surface area (Å²) in [7, 11) is 0. The minimum Gasteiger partial charge on any atom is -0.490 e. The lowest BCUT2D eigenvalue weighted by atomic mass is 10.1. The van der Waals surface area contributed by atoms with Crippen LogP contribution in [-0.2, 0) is 11.4 Å². The SMILES string of the molecule is CCOc1cc(/C=C2\SC(=S)N(CC(C)C)C2=O)cc(Cl)c1OCc1ccccc1F. The van der Waals surface area contributed by atoms with E-state index in [1.165, 1.54) is 17.8 Å². The standard InChI is InChI=1S/C23H23ClFNO3S2/c1-4-28-19-10-15(11-20-22(27)26(12-14(2)3)23(30)31-20)9-17(24)21(19)29-13-16-7-5-6-8-18(16)25/h5-11,14H,4,12-13H2,1-3H3/b20-11-. The Labute approximate surface area is 196 Å². The van der Waals surface area contributed by atoms with Gasteiger partial charge < -0.3 is 9.47 Å². The first-order chi connectivity index (χ1) is 14.8. The molecule has 2 aromatic carbocycles. The minimum absolute atomic E-state index is 0.0136. The van der Waals surface area contributed by atoms with Crippen molar-refractivity contribution in [1.29, 1.82) is 0 Å². The summed E-state index contributed by atoms with van der Waals surface area (Å²) in [5, 5.41) is 0.311. The maximum Gasteiger partial charge on any atom is 0.266 e. The lowest BCUT2D eigenvalue weighted by Gasteiger charge is -2.16. The molecule has 1 fully saturated rings. The summed E-state index contributed by atoms with van der Waals surface area (Å²) in [5.74, 6) is 0.604. The highest BCUT2D eigenvalue weighted by atomic mass is 35.5.